The first-order valence-corrected chi connectivity index (χ1v) is 5.98. The van der Waals surface area contributed by atoms with Crippen LogP contribution in [0.15, 0.2) is 5.16 Å². The number of amidine groups is 1. The molecule has 0 bridgehead atoms. The minimum Gasteiger partial charge on any atom is -0.409 e. The van der Waals surface area contributed by atoms with E-state index < -0.39 is 0 Å². The molecule has 16 heavy (non-hydrogen) atoms. The molecule has 0 spiro atoms. The average molecular weight is 229 g/mol. The van der Waals surface area contributed by atoms with Crippen LogP contribution >= 0.6 is 0 Å². The van der Waals surface area contributed by atoms with Crippen LogP contribution in [0.2, 0.25) is 0 Å². The minimum atomic E-state index is 0.105. The molecule has 0 radical (unpaired) electrons. The third kappa shape index (κ3) is 3.98. The number of nitrogens with zero attached hydrogens (tertiary/aromatic N) is 2. The zero-order chi connectivity index (χ0) is 12.0. The van der Waals surface area contributed by atoms with Crippen LogP contribution in [0.5, 0.6) is 0 Å². The van der Waals surface area contributed by atoms with Crippen LogP contribution in [0.3, 0.4) is 0 Å². The number of hydrogen-bond donors (Lipinski definition) is 2. The Bertz CT molecular complexity index is 225. The fourth-order valence-corrected chi connectivity index (χ4v) is 2.07. The molecule has 0 aromatic heterocycles. The normalized spacial score (nSPS) is 22.2. The predicted molar refractivity (Wildman–Crippen MR) is 63.7 cm³/mol. The number of oxime groups is 1. The van der Waals surface area contributed by atoms with Gasteiger partial charge in [0.1, 0.15) is 5.84 Å². The van der Waals surface area contributed by atoms with Crippen molar-refractivity contribution in [3.8, 4) is 0 Å². The highest BCUT2D eigenvalue weighted by atomic mass is 16.5. The molecule has 5 heteroatoms. The first-order valence-electron chi connectivity index (χ1n) is 5.98. The third-order valence-corrected chi connectivity index (χ3v) is 3.09. The topological polar surface area (TPSA) is 71.1 Å². The zero-order valence-electron chi connectivity index (χ0n) is 10.2. The zero-order valence-corrected chi connectivity index (χ0v) is 10.2. The fraction of sp³-hybridized carbons (Fsp3) is 0.909. The van der Waals surface area contributed by atoms with Gasteiger partial charge in [-0.1, -0.05) is 12.1 Å². The molecular weight excluding hydrogens is 206 g/mol. The van der Waals surface area contributed by atoms with E-state index in [1.807, 2.05) is 13.8 Å². The standard InChI is InChI=1S/C11H23N3O2/c1-3-16-10-4-6-14(7-5-10)8-9(2)11(12)13-15/h9-10,15H,3-8H2,1-2H3,(H2,12,13). The van der Waals surface area contributed by atoms with Gasteiger partial charge in [-0.25, -0.2) is 0 Å². The number of hydrogen-bond acceptors (Lipinski definition) is 4. The van der Waals surface area contributed by atoms with Crippen molar-refractivity contribution in [1.29, 1.82) is 0 Å². The molecule has 1 rings (SSSR count). The van der Waals surface area contributed by atoms with E-state index in [1.165, 1.54) is 0 Å². The Morgan fingerprint density at radius 2 is 2.19 bits per heavy atom. The Morgan fingerprint density at radius 3 is 2.69 bits per heavy atom. The van der Waals surface area contributed by atoms with Crippen molar-refractivity contribution in [1.82, 2.24) is 4.90 Å². The van der Waals surface area contributed by atoms with E-state index in [2.05, 4.69) is 10.1 Å². The molecule has 0 aliphatic carbocycles. The second-order valence-electron chi connectivity index (χ2n) is 4.38. The van der Waals surface area contributed by atoms with Crippen molar-refractivity contribution in [3.05, 3.63) is 0 Å². The van der Waals surface area contributed by atoms with E-state index in [0.717, 1.165) is 39.1 Å². The molecule has 1 unspecified atom stereocenters. The summed E-state index contributed by atoms with van der Waals surface area (Å²) in [6.45, 7) is 7.73. The molecule has 1 aliphatic heterocycles. The Kier molecular flexibility index (Phi) is 5.55. The Hall–Kier alpha value is -0.810. The number of nitrogens with two attached hydrogens (primary N) is 1. The number of likely N-dealkylation sites (tertiary alicyclic amines) is 1. The van der Waals surface area contributed by atoms with Crippen LogP contribution in [0, 0.1) is 5.92 Å². The van der Waals surface area contributed by atoms with Gasteiger partial charge >= 0.3 is 0 Å². The monoisotopic (exact) mass is 229 g/mol. The van der Waals surface area contributed by atoms with Crippen molar-refractivity contribution in [3.63, 3.8) is 0 Å². The average Bonchev–Trinajstić information content (AvgIpc) is 2.31. The summed E-state index contributed by atoms with van der Waals surface area (Å²) in [6.07, 6.45) is 2.58. The quantitative estimate of drug-likeness (QED) is 0.317. The van der Waals surface area contributed by atoms with Crippen LogP contribution in [0.4, 0.5) is 0 Å². The lowest BCUT2D eigenvalue weighted by atomic mass is 10.0. The lowest BCUT2D eigenvalue weighted by Gasteiger charge is -2.33. The van der Waals surface area contributed by atoms with Gasteiger partial charge < -0.3 is 20.6 Å². The highest BCUT2D eigenvalue weighted by molar-refractivity contribution is 5.82. The second-order valence-corrected chi connectivity index (χ2v) is 4.38. The molecule has 1 heterocycles. The van der Waals surface area contributed by atoms with Crippen molar-refractivity contribution >= 4 is 5.84 Å². The van der Waals surface area contributed by atoms with E-state index in [0.29, 0.717) is 11.9 Å². The summed E-state index contributed by atoms with van der Waals surface area (Å²) >= 11 is 0. The lowest BCUT2D eigenvalue weighted by Crippen LogP contribution is -2.41. The molecule has 5 nitrogen and oxygen atoms in total. The largest absolute Gasteiger partial charge is 0.409 e. The molecule has 94 valence electrons. The van der Waals surface area contributed by atoms with Crippen LogP contribution in [-0.2, 0) is 4.74 Å². The highest BCUT2D eigenvalue weighted by Gasteiger charge is 2.21. The summed E-state index contributed by atoms with van der Waals surface area (Å²) < 4.78 is 5.59. The maximum absolute atomic E-state index is 8.57. The fourth-order valence-electron chi connectivity index (χ4n) is 2.07. The second kappa shape index (κ2) is 6.70. The van der Waals surface area contributed by atoms with Gasteiger partial charge in [-0.2, -0.15) is 0 Å². The van der Waals surface area contributed by atoms with Gasteiger partial charge in [0.2, 0.25) is 0 Å². The molecule has 1 fully saturated rings. The van der Waals surface area contributed by atoms with Gasteiger partial charge in [-0.15, -0.1) is 0 Å². The SMILES string of the molecule is CCOC1CCN(CC(C)/C(N)=N/O)CC1. The maximum atomic E-state index is 8.57. The molecule has 1 atom stereocenters. The van der Waals surface area contributed by atoms with Crippen LogP contribution in [0.1, 0.15) is 26.7 Å². The van der Waals surface area contributed by atoms with Crippen molar-refractivity contribution in [2.45, 2.75) is 32.8 Å². The van der Waals surface area contributed by atoms with Gasteiger partial charge in [0.25, 0.3) is 0 Å². The number of rotatable bonds is 5. The molecule has 0 amide bonds. The summed E-state index contributed by atoms with van der Waals surface area (Å²) in [5.74, 6) is 0.417. The van der Waals surface area contributed by atoms with Gasteiger partial charge in [-0.05, 0) is 19.8 Å². The van der Waals surface area contributed by atoms with Crippen LogP contribution in [-0.4, -0.2) is 48.3 Å². The van der Waals surface area contributed by atoms with Gasteiger partial charge in [0.05, 0.1) is 6.10 Å². The highest BCUT2D eigenvalue weighted by Crippen LogP contribution is 2.14. The van der Waals surface area contributed by atoms with E-state index in [9.17, 15) is 0 Å². The molecule has 1 saturated heterocycles. The number of ether oxygens (including phenoxy) is 1. The Balaban J connectivity index is 2.26. The Labute approximate surface area is 97.2 Å². The Morgan fingerprint density at radius 1 is 1.56 bits per heavy atom. The maximum Gasteiger partial charge on any atom is 0.143 e. The summed E-state index contributed by atoms with van der Waals surface area (Å²) in [5.41, 5.74) is 5.56. The molecule has 0 saturated carbocycles. The third-order valence-electron chi connectivity index (χ3n) is 3.09. The van der Waals surface area contributed by atoms with Crippen molar-refractivity contribution in [2.75, 3.05) is 26.2 Å². The van der Waals surface area contributed by atoms with Gasteiger partial charge in [0.15, 0.2) is 0 Å². The summed E-state index contributed by atoms with van der Waals surface area (Å²) in [7, 11) is 0. The molecule has 0 aromatic rings. The molecule has 3 N–H and O–H groups in total. The smallest absolute Gasteiger partial charge is 0.143 e. The van der Waals surface area contributed by atoms with E-state index in [4.69, 9.17) is 15.7 Å². The lowest BCUT2D eigenvalue weighted by molar-refractivity contribution is 0.0130. The van der Waals surface area contributed by atoms with E-state index in [1.54, 1.807) is 0 Å². The van der Waals surface area contributed by atoms with Crippen molar-refractivity contribution in [2.24, 2.45) is 16.8 Å². The first kappa shape index (κ1) is 13.3. The summed E-state index contributed by atoms with van der Waals surface area (Å²) in [5, 5.41) is 11.6. The predicted octanol–water partition coefficient (Wildman–Crippen LogP) is 0.870. The van der Waals surface area contributed by atoms with E-state index >= 15 is 0 Å². The summed E-state index contributed by atoms with van der Waals surface area (Å²) in [4.78, 5) is 2.35. The molecule has 1 aliphatic rings. The van der Waals surface area contributed by atoms with E-state index in [-0.39, 0.29) is 5.92 Å². The van der Waals surface area contributed by atoms with Gasteiger partial charge in [0, 0.05) is 32.2 Å². The van der Waals surface area contributed by atoms with Crippen LogP contribution in [0.25, 0.3) is 0 Å². The molecule has 0 aromatic carbocycles. The minimum absolute atomic E-state index is 0.105. The first-order chi connectivity index (χ1) is 7.67. The summed E-state index contributed by atoms with van der Waals surface area (Å²) in [6, 6.07) is 0. The van der Waals surface area contributed by atoms with Crippen LogP contribution < -0.4 is 5.73 Å². The molecular formula is C11H23N3O2. The number of piperidine rings is 1. The van der Waals surface area contributed by atoms with Gasteiger partial charge in [-0.3, -0.25) is 0 Å². The van der Waals surface area contributed by atoms with Crippen molar-refractivity contribution < 1.29 is 9.94 Å².